The fraction of sp³-hybridized carbons (Fsp3) is 0.0769. The van der Waals surface area contributed by atoms with E-state index < -0.39 is 0 Å². The summed E-state index contributed by atoms with van der Waals surface area (Å²) in [5, 5.41) is 8.79. The molecule has 5 heteroatoms. The molecule has 0 aliphatic heterocycles. The van der Waals surface area contributed by atoms with Crippen LogP contribution in [0.15, 0.2) is 30.3 Å². The number of ether oxygens (including phenoxy) is 1. The van der Waals surface area contributed by atoms with E-state index in [2.05, 4.69) is 4.98 Å². The number of hydrogen-bond acceptors (Lipinski definition) is 5. The van der Waals surface area contributed by atoms with Crippen molar-refractivity contribution in [3.8, 4) is 23.1 Å². The lowest BCUT2D eigenvalue weighted by Gasteiger charge is -2.07. The summed E-state index contributed by atoms with van der Waals surface area (Å²) >= 11 is 0. The number of nitriles is 1. The number of anilines is 2. The predicted octanol–water partition coefficient (Wildman–Crippen LogP) is 1.79. The molecule has 1 aromatic heterocycles. The van der Waals surface area contributed by atoms with Gasteiger partial charge in [-0.05, 0) is 30.3 Å². The second kappa shape index (κ2) is 4.63. The van der Waals surface area contributed by atoms with Crippen molar-refractivity contribution in [1.29, 1.82) is 5.26 Å². The van der Waals surface area contributed by atoms with Crippen molar-refractivity contribution in [3.05, 3.63) is 35.9 Å². The second-order valence-electron chi connectivity index (χ2n) is 3.70. The van der Waals surface area contributed by atoms with Gasteiger partial charge < -0.3 is 16.2 Å². The Morgan fingerprint density at radius 3 is 2.56 bits per heavy atom. The second-order valence-corrected chi connectivity index (χ2v) is 3.70. The van der Waals surface area contributed by atoms with Crippen LogP contribution < -0.4 is 16.2 Å². The van der Waals surface area contributed by atoms with Gasteiger partial charge in [0.05, 0.1) is 24.1 Å². The molecule has 2 aromatic rings. The van der Waals surface area contributed by atoms with Gasteiger partial charge in [0.2, 0.25) is 0 Å². The van der Waals surface area contributed by atoms with E-state index in [1.807, 2.05) is 12.1 Å². The lowest BCUT2D eigenvalue weighted by Crippen LogP contribution is -1.97. The number of aromatic nitrogens is 1. The van der Waals surface area contributed by atoms with Gasteiger partial charge >= 0.3 is 0 Å². The number of benzene rings is 1. The Hall–Kier alpha value is -2.74. The van der Waals surface area contributed by atoms with Crippen molar-refractivity contribution in [2.75, 3.05) is 18.6 Å². The first-order valence-corrected chi connectivity index (χ1v) is 5.26. The van der Waals surface area contributed by atoms with Crippen LogP contribution in [0.5, 0.6) is 5.75 Å². The molecule has 1 aromatic carbocycles. The first-order valence-electron chi connectivity index (χ1n) is 5.26. The summed E-state index contributed by atoms with van der Waals surface area (Å²) < 4.78 is 5.08. The Labute approximate surface area is 105 Å². The van der Waals surface area contributed by atoms with Crippen LogP contribution in [-0.4, -0.2) is 12.1 Å². The van der Waals surface area contributed by atoms with Crippen LogP contribution in [0.3, 0.4) is 0 Å². The Bertz CT molecular complexity index is 631. The number of methoxy groups -OCH3 is 1. The third-order valence-electron chi connectivity index (χ3n) is 2.57. The Balaban J connectivity index is 2.46. The van der Waals surface area contributed by atoms with Gasteiger partial charge in [0.25, 0.3) is 0 Å². The Morgan fingerprint density at radius 2 is 2.00 bits per heavy atom. The van der Waals surface area contributed by atoms with Gasteiger partial charge in [-0.25, -0.2) is 4.98 Å². The molecule has 0 bridgehead atoms. The minimum absolute atomic E-state index is 0.212. The molecule has 5 nitrogen and oxygen atoms in total. The maximum Gasteiger partial charge on any atom is 0.142 e. The number of nitrogens with zero attached hydrogens (tertiary/aromatic N) is 2. The molecule has 0 fully saturated rings. The number of pyridine rings is 1. The molecule has 0 saturated carbocycles. The van der Waals surface area contributed by atoms with E-state index >= 15 is 0 Å². The van der Waals surface area contributed by atoms with E-state index in [0.717, 1.165) is 5.56 Å². The Kier molecular flexibility index (Phi) is 3.02. The number of nitrogens with two attached hydrogens (primary N) is 2. The average molecular weight is 240 g/mol. The van der Waals surface area contributed by atoms with E-state index in [1.54, 1.807) is 31.4 Å². The predicted molar refractivity (Wildman–Crippen MR) is 69.8 cm³/mol. The van der Waals surface area contributed by atoms with Crippen LogP contribution in [0, 0.1) is 11.3 Å². The molecule has 0 amide bonds. The molecule has 90 valence electrons. The summed E-state index contributed by atoms with van der Waals surface area (Å²) in [6, 6.07) is 10.7. The highest BCUT2D eigenvalue weighted by Crippen LogP contribution is 2.28. The standard InChI is InChI=1S/C13H12N4O/c1-18-12-5-3-8(6-10(12)15)11-4-2-9(7-14)13(16)17-11/h2-6H,15H2,1H3,(H2,16,17). The van der Waals surface area contributed by atoms with Crippen LogP contribution in [0.1, 0.15) is 5.56 Å². The quantitative estimate of drug-likeness (QED) is 0.780. The monoisotopic (exact) mass is 240 g/mol. The molecule has 0 aliphatic rings. The maximum absolute atomic E-state index is 8.79. The van der Waals surface area contributed by atoms with Crippen LogP contribution in [0.25, 0.3) is 11.3 Å². The number of hydrogen-bond donors (Lipinski definition) is 2. The van der Waals surface area contributed by atoms with Gasteiger partial charge in [0.1, 0.15) is 17.6 Å². The zero-order valence-corrected chi connectivity index (χ0v) is 9.84. The van der Waals surface area contributed by atoms with Crippen molar-refractivity contribution >= 4 is 11.5 Å². The summed E-state index contributed by atoms with van der Waals surface area (Å²) in [5.74, 6) is 0.824. The van der Waals surface area contributed by atoms with E-state index in [-0.39, 0.29) is 5.82 Å². The zero-order chi connectivity index (χ0) is 13.1. The van der Waals surface area contributed by atoms with Crippen molar-refractivity contribution in [2.45, 2.75) is 0 Å². The summed E-state index contributed by atoms with van der Waals surface area (Å²) in [4.78, 5) is 4.17. The largest absolute Gasteiger partial charge is 0.495 e. The fourth-order valence-corrected chi connectivity index (χ4v) is 1.62. The first-order chi connectivity index (χ1) is 8.65. The van der Waals surface area contributed by atoms with E-state index in [0.29, 0.717) is 22.7 Å². The van der Waals surface area contributed by atoms with Crippen LogP contribution in [-0.2, 0) is 0 Å². The molecular weight excluding hydrogens is 228 g/mol. The molecular formula is C13H12N4O. The smallest absolute Gasteiger partial charge is 0.142 e. The molecule has 0 aliphatic carbocycles. The van der Waals surface area contributed by atoms with Crippen molar-refractivity contribution in [2.24, 2.45) is 0 Å². The first kappa shape index (κ1) is 11.7. The summed E-state index contributed by atoms with van der Waals surface area (Å²) in [6.45, 7) is 0. The van der Waals surface area contributed by atoms with Crippen molar-refractivity contribution in [3.63, 3.8) is 0 Å². The van der Waals surface area contributed by atoms with Gasteiger partial charge in [-0.15, -0.1) is 0 Å². The maximum atomic E-state index is 8.79. The SMILES string of the molecule is COc1ccc(-c2ccc(C#N)c(N)n2)cc1N. The van der Waals surface area contributed by atoms with Crippen LogP contribution in [0.2, 0.25) is 0 Å². The lowest BCUT2D eigenvalue weighted by molar-refractivity contribution is 0.417. The number of nitrogen functional groups attached to an aromatic ring is 2. The van der Waals surface area contributed by atoms with Crippen LogP contribution in [0.4, 0.5) is 11.5 Å². The molecule has 0 atom stereocenters. The average Bonchev–Trinajstić information content (AvgIpc) is 2.38. The summed E-state index contributed by atoms with van der Waals surface area (Å²) in [5.41, 5.74) is 13.9. The van der Waals surface area contributed by atoms with Crippen molar-refractivity contribution in [1.82, 2.24) is 4.98 Å². The highest BCUT2D eigenvalue weighted by Gasteiger charge is 2.06. The van der Waals surface area contributed by atoms with E-state index in [1.165, 1.54) is 0 Å². The molecule has 0 unspecified atom stereocenters. The molecule has 2 rings (SSSR count). The third-order valence-corrected chi connectivity index (χ3v) is 2.57. The summed E-state index contributed by atoms with van der Waals surface area (Å²) in [7, 11) is 1.56. The molecule has 1 heterocycles. The Morgan fingerprint density at radius 1 is 1.22 bits per heavy atom. The molecule has 4 N–H and O–H groups in total. The van der Waals surface area contributed by atoms with Gasteiger partial charge in [0, 0.05) is 5.56 Å². The molecule has 0 saturated heterocycles. The normalized spacial score (nSPS) is 9.78. The van der Waals surface area contributed by atoms with Gasteiger partial charge in [-0.2, -0.15) is 5.26 Å². The van der Waals surface area contributed by atoms with E-state index in [9.17, 15) is 0 Å². The number of rotatable bonds is 2. The topological polar surface area (TPSA) is 97.9 Å². The van der Waals surface area contributed by atoms with Crippen LogP contribution >= 0.6 is 0 Å². The lowest BCUT2D eigenvalue weighted by atomic mass is 10.1. The molecule has 18 heavy (non-hydrogen) atoms. The molecule has 0 radical (unpaired) electrons. The third kappa shape index (κ3) is 2.04. The highest BCUT2D eigenvalue weighted by molar-refractivity contribution is 5.70. The highest BCUT2D eigenvalue weighted by atomic mass is 16.5. The minimum Gasteiger partial charge on any atom is -0.495 e. The van der Waals surface area contributed by atoms with Gasteiger partial charge in [-0.3, -0.25) is 0 Å². The fourth-order valence-electron chi connectivity index (χ4n) is 1.62. The minimum atomic E-state index is 0.212. The van der Waals surface area contributed by atoms with Gasteiger partial charge in [0.15, 0.2) is 0 Å². The van der Waals surface area contributed by atoms with E-state index in [4.69, 9.17) is 21.5 Å². The summed E-state index contributed by atoms with van der Waals surface area (Å²) in [6.07, 6.45) is 0. The molecule has 0 spiro atoms. The van der Waals surface area contributed by atoms with Crippen molar-refractivity contribution < 1.29 is 4.74 Å². The zero-order valence-electron chi connectivity index (χ0n) is 9.84. The van der Waals surface area contributed by atoms with Gasteiger partial charge in [-0.1, -0.05) is 0 Å².